The summed E-state index contributed by atoms with van der Waals surface area (Å²) >= 11 is 0. The lowest BCUT2D eigenvalue weighted by Gasteiger charge is -2.15. The molecule has 13 heavy (non-hydrogen) atoms. The molecule has 0 aromatic carbocycles. The van der Waals surface area contributed by atoms with E-state index in [1.54, 1.807) is 0 Å². The molecule has 78 valence electrons. The van der Waals surface area contributed by atoms with Crippen LogP contribution in [0.4, 0.5) is 0 Å². The van der Waals surface area contributed by atoms with Crippen molar-refractivity contribution in [2.45, 2.75) is 32.6 Å². The second kappa shape index (κ2) is 5.61. The quantitative estimate of drug-likeness (QED) is 0.610. The van der Waals surface area contributed by atoms with Gasteiger partial charge in [-0.2, -0.15) is 0 Å². The monoisotopic (exact) mass is 184 g/mol. The summed E-state index contributed by atoms with van der Waals surface area (Å²) in [5.74, 6) is 1.99. The van der Waals surface area contributed by atoms with Gasteiger partial charge in [0.25, 0.3) is 0 Å². The summed E-state index contributed by atoms with van der Waals surface area (Å²) in [6.45, 7) is 5.77. The van der Waals surface area contributed by atoms with Crippen LogP contribution in [-0.4, -0.2) is 31.6 Å². The minimum absolute atomic E-state index is 0.851. The fraction of sp³-hybridized carbons (Fsp3) is 1.00. The Morgan fingerprint density at radius 3 is 2.54 bits per heavy atom. The van der Waals surface area contributed by atoms with Crippen LogP contribution in [0.25, 0.3) is 0 Å². The molecule has 1 saturated carbocycles. The van der Waals surface area contributed by atoms with Gasteiger partial charge in [0.05, 0.1) is 0 Å². The van der Waals surface area contributed by atoms with Crippen LogP contribution in [0.1, 0.15) is 32.6 Å². The summed E-state index contributed by atoms with van der Waals surface area (Å²) in [7, 11) is 2.24. The van der Waals surface area contributed by atoms with E-state index in [0.29, 0.717) is 0 Å². The number of rotatable bonds is 7. The van der Waals surface area contributed by atoms with Gasteiger partial charge in [0.1, 0.15) is 0 Å². The van der Waals surface area contributed by atoms with E-state index in [2.05, 4.69) is 18.9 Å². The van der Waals surface area contributed by atoms with Gasteiger partial charge in [-0.3, -0.25) is 0 Å². The van der Waals surface area contributed by atoms with Crippen LogP contribution in [0.3, 0.4) is 0 Å². The number of hydrogen-bond acceptors (Lipinski definition) is 2. The molecule has 0 radical (unpaired) electrons. The molecule has 2 nitrogen and oxygen atoms in total. The van der Waals surface area contributed by atoms with Crippen LogP contribution >= 0.6 is 0 Å². The summed E-state index contributed by atoms with van der Waals surface area (Å²) in [5, 5.41) is 0. The third-order valence-corrected chi connectivity index (χ3v) is 3.07. The molecule has 0 saturated heterocycles. The van der Waals surface area contributed by atoms with E-state index in [1.807, 2.05) is 0 Å². The summed E-state index contributed by atoms with van der Waals surface area (Å²) in [4.78, 5) is 2.48. The van der Waals surface area contributed by atoms with Gasteiger partial charge in [0, 0.05) is 6.54 Å². The minimum atomic E-state index is 0.851. The van der Waals surface area contributed by atoms with Gasteiger partial charge >= 0.3 is 0 Å². The molecule has 1 rings (SSSR count). The van der Waals surface area contributed by atoms with Gasteiger partial charge < -0.3 is 10.6 Å². The van der Waals surface area contributed by atoms with E-state index in [4.69, 9.17) is 5.73 Å². The summed E-state index contributed by atoms with van der Waals surface area (Å²) in [5.41, 5.74) is 5.44. The highest BCUT2D eigenvalue weighted by Gasteiger charge is 2.32. The zero-order valence-electron chi connectivity index (χ0n) is 9.13. The van der Waals surface area contributed by atoms with E-state index < -0.39 is 0 Å². The van der Waals surface area contributed by atoms with Crippen LogP contribution in [0, 0.1) is 11.8 Å². The molecule has 0 aromatic rings. The minimum Gasteiger partial charge on any atom is -0.330 e. The standard InChI is InChI=1S/C11H24N2/c1-10-8-11(10)9-13(2)7-5-3-4-6-12/h10-11H,3-9,12H2,1-2H3. The second-order valence-electron chi connectivity index (χ2n) is 4.58. The molecule has 2 N–H and O–H groups in total. The molecule has 0 bridgehead atoms. The van der Waals surface area contributed by atoms with Gasteiger partial charge in [-0.05, 0) is 51.2 Å². The normalized spacial score (nSPS) is 26.8. The van der Waals surface area contributed by atoms with Gasteiger partial charge in [-0.15, -0.1) is 0 Å². The van der Waals surface area contributed by atoms with Crippen LogP contribution in [0.5, 0.6) is 0 Å². The average molecular weight is 184 g/mol. The molecule has 2 atom stereocenters. The van der Waals surface area contributed by atoms with Crippen molar-refractivity contribution in [1.82, 2.24) is 4.90 Å². The van der Waals surface area contributed by atoms with Crippen LogP contribution in [0.15, 0.2) is 0 Å². The van der Waals surface area contributed by atoms with Crippen molar-refractivity contribution >= 4 is 0 Å². The average Bonchev–Trinajstić information content (AvgIpc) is 2.76. The number of unbranched alkanes of at least 4 members (excludes halogenated alkanes) is 2. The van der Waals surface area contributed by atoms with E-state index in [1.165, 1.54) is 38.8 Å². The number of nitrogens with two attached hydrogens (primary N) is 1. The Kier molecular flexibility index (Phi) is 4.74. The van der Waals surface area contributed by atoms with E-state index in [0.717, 1.165) is 18.4 Å². The van der Waals surface area contributed by atoms with Gasteiger partial charge in [-0.1, -0.05) is 13.3 Å². The highest BCUT2D eigenvalue weighted by molar-refractivity contribution is 4.84. The first-order chi connectivity index (χ1) is 6.24. The second-order valence-corrected chi connectivity index (χ2v) is 4.58. The fourth-order valence-electron chi connectivity index (χ4n) is 1.85. The Labute approximate surface area is 82.5 Å². The molecule has 0 heterocycles. The van der Waals surface area contributed by atoms with E-state index in [-0.39, 0.29) is 0 Å². The van der Waals surface area contributed by atoms with Crippen molar-refractivity contribution in [1.29, 1.82) is 0 Å². The van der Waals surface area contributed by atoms with Crippen molar-refractivity contribution in [3.63, 3.8) is 0 Å². The maximum atomic E-state index is 5.44. The summed E-state index contributed by atoms with van der Waals surface area (Å²) in [6.07, 6.45) is 5.25. The third-order valence-electron chi connectivity index (χ3n) is 3.07. The first-order valence-corrected chi connectivity index (χ1v) is 5.62. The lowest BCUT2D eigenvalue weighted by atomic mass is 10.2. The smallest absolute Gasteiger partial charge is 0.000926 e. The number of hydrogen-bond donors (Lipinski definition) is 1. The highest BCUT2D eigenvalue weighted by atomic mass is 15.1. The summed E-state index contributed by atoms with van der Waals surface area (Å²) in [6, 6.07) is 0. The third kappa shape index (κ3) is 4.63. The molecule has 2 unspecified atom stereocenters. The van der Waals surface area contributed by atoms with Crippen molar-refractivity contribution in [2.75, 3.05) is 26.7 Å². The molecule has 1 aliphatic carbocycles. The summed E-state index contributed by atoms with van der Waals surface area (Å²) < 4.78 is 0. The molecule has 0 amide bonds. The topological polar surface area (TPSA) is 29.3 Å². The van der Waals surface area contributed by atoms with E-state index in [9.17, 15) is 0 Å². The van der Waals surface area contributed by atoms with Crippen molar-refractivity contribution in [3.8, 4) is 0 Å². The molecule has 0 spiro atoms. The Bertz CT molecular complexity index is 136. The maximum Gasteiger partial charge on any atom is 0.000926 e. The first kappa shape index (κ1) is 11.0. The Hall–Kier alpha value is -0.0800. The van der Waals surface area contributed by atoms with E-state index >= 15 is 0 Å². The van der Waals surface area contributed by atoms with Crippen molar-refractivity contribution < 1.29 is 0 Å². The zero-order valence-corrected chi connectivity index (χ0v) is 9.13. The van der Waals surface area contributed by atoms with Crippen molar-refractivity contribution in [3.05, 3.63) is 0 Å². The van der Waals surface area contributed by atoms with Crippen LogP contribution < -0.4 is 5.73 Å². The molecule has 1 aliphatic rings. The van der Waals surface area contributed by atoms with Gasteiger partial charge in [0.15, 0.2) is 0 Å². The van der Waals surface area contributed by atoms with Gasteiger partial charge in [0.2, 0.25) is 0 Å². The number of nitrogens with zero attached hydrogens (tertiary/aromatic N) is 1. The molecule has 0 aliphatic heterocycles. The Morgan fingerprint density at radius 2 is 2.00 bits per heavy atom. The molecular weight excluding hydrogens is 160 g/mol. The first-order valence-electron chi connectivity index (χ1n) is 5.62. The van der Waals surface area contributed by atoms with Gasteiger partial charge in [-0.25, -0.2) is 0 Å². The molecule has 2 heteroatoms. The fourth-order valence-corrected chi connectivity index (χ4v) is 1.85. The highest BCUT2D eigenvalue weighted by Crippen LogP contribution is 2.37. The SMILES string of the molecule is CC1CC1CN(C)CCCCCN. The largest absolute Gasteiger partial charge is 0.330 e. The molecule has 1 fully saturated rings. The predicted molar refractivity (Wildman–Crippen MR) is 57.7 cm³/mol. The Morgan fingerprint density at radius 1 is 1.31 bits per heavy atom. The lowest BCUT2D eigenvalue weighted by Crippen LogP contribution is -2.22. The molecular formula is C11H24N2. The maximum absolute atomic E-state index is 5.44. The van der Waals surface area contributed by atoms with Crippen LogP contribution in [-0.2, 0) is 0 Å². The Balaban J connectivity index is 1.89. The zero-order chi connectivity index (χ0) is 9.68. The predicted octanol–water partition coefficient (Wildman–Crippen LogP) is 1.70. The molecule has 0 aromatic heterocycles. The lowest BCUT2D eigenvalue weighted by molar-refractivity contribution is 0.307. The van der Waals surface area contributed by atoms with Crippen LogP contribution in [0.2, 0.25) is 0 Å². The van der Waals surface area contributed by atoms with Crippen molar-refractivity contribution in [2.24, 2.45) is 17.6 Å².